The van der Waals surface area contributed by atoms with Gasteiger partial charge in [0.2, 0.25) is 0 Å². The molecule has 0 aliphatic rings. The Morgan fingerprint density at radius 2 is 1.80 bits per heavy atom. The van der Waals surface area contributed by atoms with Crippen LogP contribution in [-0.4, -0.2) is 24.8 Å². The Balaban J connectivity index is 2.32. The molecule has 0 saturated heterocycles. The van der Waals surface area contributed by atoms with E-state index < -0.39 is 5.97 Å². The van der Waals surface area contributed by atoms with Crippen LogP contribution < -0.4 is 4.74 Å². The lowest BCUT2D eigenvalue weighted by Crippen LogP contribution is -2.05. The van der Waals surface area contributed by atoms with Gasteiger partial charge in [-0.15, -0.1) is 0 Å². The van der Waals surface area contributed by atoms with Crippen molar-refractivity contribution in [3.63, 3.8) is 0 Å². The van der Waals surface area contributed by atoms with E-state index in [1.165, 1.54) is 0 Å². The van der Waals surface area contributed by atoms with Gasteiger partial charge < -0.3 is 14.6 Å². The van der Waals surface area contributed by atoms with Crippen molar-refractivity contribution < 1.29 is 19.4 Å². The molecule has 0 amide bonds. The van der Waals surface area contributed by atoms with Crippen LogP contribution in [0.2, 0.25) is 0 Å². The summed E-state index contributed by atoms with van der Waals surface area (Å²) in [7, 11) is 1.59. The number of methoxy groups -OCH3 is 1. The molecule has 0 saturated carbocycles. The Hall–Kier alpha value is -2.53. The summed E-state index contributed by atoms with van der Waals surface area (Å²) in [5, 5.41) is 11.9. The van der Waals surface area contributed by atoms with Crippen LogP contribution in [0.25, 0.3) is 21.9 Å². The standard InChI is InChI=1S/C20H17BrO4/c1-3-25-20(23)18-11-16(12-4-6-13(21)7-5-12)17-10-14(24-2)8-9-15(17)19(18)22/h4-11,22H,3H2,1-2H3. The molecule has 1 N–H and O–H groups in total. The van der Waals surface area contributed by atoms with Crippen LogP contribution in [0.4, 0.5) is 0 Å². The summed E-state index contributed by atoms with van der Waals surface area (Å²) < 4.78 is 11.3. The summed E-state index contributed by atoms with van der Waals surface area (Å²) >= 11 is 3.43. The number of aromatic hydroxyl groups is 1. The fourth-order valence-electron chi connectivity index (χ4n) is 2.75. The second-order valence-electron chi connectivity index (χ2n) is 5.46. The van der Waals surface area contributed by atoms with Crippen LogP contribution >= 0.6 is 15.9 Å². The van der Waals surface area contributed by atoms with Gasteiger partial charge in [0.05, 0.1) is 13.7 Å². The highest BCUT2D eigenvalue weighted by Gasteiger charge is 2.19. The molecule has 0 spiro atoms. The quantitative estimate of drug-likeness (QED) is 0.614. The number of phenols is 1. The number of hydrogen-bond donors (Lipinski definition) is 1. The van der Waals surface area contributed by atoms with Crippen LogP contribution in [0.1, 0.15) is 17.3 Å². The van der Waals surface area contributed by atoms with Gasteiger partial charge in [-0.1, -0.05) is 28.1 Å². The Labute approximate surface area is 154 Å². The topological polar surface area (TPSA) is 55.8 Å². The number of halogens is 1. The average molecular weight is 401 g/mol. The zero-order chi connectivity index (χ0) is 18.0. The molecule has 0 aliphatic heterocycles. The van der Waals surface area contributed by atoms with Crippen molar-refractivity contribution in [2.24, 2.45) is 0 Å². The minimum atomic E-state index is -0.545. The molecule has 0 aliphatic carbocycles. The van der Waals surface area contributed by atoms with Gasteiger partial charge in [-0.2, -0.15) is 0 Å². The van der Waals surface area contributed by atoms with Crippen molar-refractivity contribution in [3.8, 4) is 22.6 Å². The Bertz CT molecular complexity index is 933. The van der Waals surface area contributed by atoms with E-state index in [0.29, 0.717) is 11.1 Å². The lowest BCUT2D eigenvalue weighted by molar-refractivity contribution is 0.0523. The molecular weight excluding hydrogens is 384 g/mol. The lowest BCUT2D eigenvalue weighted by atomic mass is 9.94. The van der Waals surface area contributed by atoms with E-state index in [-0.39, 0.29) is 17.9 Å². The first-order chi connectivity index (χ1) is 12.0. The number of ether oxygens (including phenoxy) is 2. The molecule has 0 unspecified atom stereocenters. The van der Waals surface area contributed by atoms with Crippen LogP contribution in [0.3, 0.4) is 0 Å². The largest absolute Gasteiger partial charge is 0.506 e. The van der Waals surface area contributed by atoms with Gasteiger partial charge in [-0.05, 0) is 59.8 Å². The molecule has 3 rings (SSSR count). The minimum Gasteiger partial charge on any atom is -0.506 e. The molecule has 5 heteroatoms. The number of fused-ring (bicyclic) bond motifs is 1. The van der Waals surface area contributed by atoms with Crippen LogP contribution in [0.5, 0.6) is 11.5 Å². The molecule has 0 heterocycles. The van der Waals surface area contributed by atoms with Crippen LogP contribution in [0, 0.1) is 0 Å². The predicted molar refractivity (Wildman–Crippen MR) is 101 cm³/mol. The van der Waals surface area contributed by atoms with E-state index >= 15 is 0 Å². The summed E-state index contributed by atoms with van der Waals surface area (Å²) in [4.78, 5) is 12.3. The number of hydrogen-bond acceptors (Lipinski definition) is 4. The first kappa shape index (κ1) is 17.3. The Morgan fingerprint density at radius 3 is 2.44 bits per heavy atom. The van der Waals surface area contributed by atoms with Crippen LogP contribution in [-0.2, 0) is 4.74 Å². The van der Waals surface area contributed by atoms with E-state index in [1.54, 1.807) is 32.2 Å². The van der Waals surface area contributed by atoms with E-state index in [0.717, 1.165) is 21.0 Å². The second kappa shape index (κ2) is 7.15. The molecule has 0 aromatic heterocycles. The van der Waals surface area contributed by atoms with Crippen molar-refractivity contribution in [1.82, 2.24) is 0 Å². The maximum atomic E-state index is 12.3. The summed E-state index contributed by atoms with van der Waals surface area (Å²) in [6.07, 6.45) is 0. The van der Waals surface area contributed by atoms with E-state index in [4.69, 9.17) is 9.47 Å². The zero-order valence-electron chi connectivity index (χ0n) is 13.9. The number of carbonyl (C=O) groups is 1. The van der Waals surface area contributed by atoms with Crippen molar-refractivity contribution in [2.75, 3.05) is 13.7 Å². The molecule has 0 atom stereocenters. The smallest absolute Gasteiger partial charge is 0.341 e. The summed E-state index contributed by atoms with van der Waals surface area (Å²) in [5.41, 5.74) is 1.90. The van der Waals surface area contributed by atoms with Crippen molar-refractivity contribution in [2.45, 2.75) is 6.92 Å². The highest BCUT2D eigenvalue weighted by molar-refractivity contribution is 9.10. The average Bonchev–Trinajstić information content (AvgIpc) is 2.63. The predicted octanol–water partition coefficient (Wildman–Crippen LogP) is 5.16. The summed E-state index contributed by atoms with van der Waals surface area (Å²) in [5.74, 6) is 0.0437. The SMILES string of the molecule is CCOC(=O)c1cc(-c2ccc(Br)cc2)c2cc(OC)ccc2c1O. The molecule has 25 heavy (non-hydrogen) atoms. The monoisotopic (exact) mass is 400 g/mol. The first-order valence-corrected chi connectivity index (χ1v) is 8.61. The fraction of sp³-hybridized carbons (Fsp3) is 0.150. The van der Waals surface area contributed by atoms with E-state index in [1.807, 2.05) is 30.3 Å². The highest BCUT2D eigenvalue weighted by atomic mass is 79.9. The zero-order valence-corrected chi connectivity index (χ0v) is 15.5. The van der Waals surface area contributed by atoms with Gasteiger partial charge in [-0.3, -0.25) is 0 Å². The summed E-state index contributed by atoms with van der Waals surface area (Å²) in [6, 6.07) is 14.8. The molecule has 128 valence electrons. The van der Waals surface area contributed by atoms with E-state index in [9.17, 15) is 9.90 Å². The number of phenolic OH excluding ortho intramolecular Hbond substituents is 1. The van der Waals surface area contributed by atoms with Gasteiger partial charge in [0, 0.05) is 9.86 Å². The third-order valence-corrected chi connectivity index (χ3v) is 4.50. The van der Waals surface area contributed by atoms with E-state index in [2.05, 4.69) is 15.9 Å². The number of esters is 1. The van der Waals surface area contributed by atoms with Crippen molar-refractivity contribution in [3.05, 3.63) is 58.6 Å². The summed E-state index contributed by atoms with van der Waals surface area (Å²) in [6.45, 7) is 1.98. The van der Waals surface area contributed by atoms with Crippen molar-refractivity contribution >= 4 is 32.7 Å². The van der Waals surface area contributed by atoms with Crippen molar-refractivity contribution in [1.29, 1.82) is 0 Å². The highest BCUT2D eigenvalue weighted by Crippen LogP contribution is 2.39. The molecule has 4 nitrogen and oxygen atoms in total. The lowest BCUT2D eigenvalue weighted by Gasteiger charge is -2.14. The fourth-order valence-corrected chi connectivity index (χ4v) is 3.01. The van der Waals surface area contributed by atoms with Gasteiger partial charge in [0.15, 0.2) is 0 Å². The number of benzene rings is 3. The number of carbonyl (C=O) groups excluding carboxylic acids is 1. The first-order valence-electron chi connectivity index (χ1n) is 7.82. The van der Waals surface area contributed by atoms with Crippen LogP contribution in [0.15, 0.2) is 53.0 Å². The second-order valence-corrected chi connectivity index (χ2v) is 6.37. The normalized spacial score (nSPS) is 10.7. The Morgan fingerprint density at radius 1 is 1.08 bits per heavy atom. The van der Waals surface area contributed by atoms with Gasteiger partial charge in [0.1, 0.15) is 17.1 Å². The minimum absolute atomic E-state index is 0.0861. The third kappa shape index (κ3) is 3.33. The maximum absolute atomic E-state index is 12.3. The van der Waals surface area contributed by atoms with Gasteiger partial charge in [0.25, 0.3) is 0 Å². The molecule has 0 bridgehead atoms. The maximum Gasteiger partial charge on any atom is 0.341 e. The Kier molecular flexibility index (Phi) is 4.95. The number of rotatable bonds is 4. The third-order valence-electron chi connectivity index (χ3n) is 3.97. The molecule has 3 aromatic carbocycles. The molecule has 0 fully saturated rings. The van der Waals surface area contributed by atoms with Gasteiger partial charge in [-0.25, -0.2) is 4.79 Å². The molecule has 3 aromatic rings. The molecular formula is C20H17BrO4. The van der Waals surface area contributed by atoms with Gasteiger partial charge >= 0.3 is 5.97 Å². The molecule has 0 radical (unpaired) electrons.